The Morgan fingerprint density at radius 2 is 2.22 bits per heavy atom. The van der Waals surface area contributed by atoms with Crippen LogP contribution < -0.4 is 11.1 Å². The van der Waals surface area contributed by atoms with Gasteiger partial charge in [0.25, 0.3) is 0 Å². The standard InChI is InChI=1S/C14H19BrN2O/c15-12-4-1-3-10(7-12)11-8-13(9-11)17-6-2-5-14(16)18/h1,3-4,7,11,13,17H,2,5-6,8-9H2,(H2,16,18). The van der Waals surface area contributed by atoms with Gasteiger partial charge in [-0.05, 0) is 49.4 Å². The summed E-state index contributed by atoms with van der Waals surface area (Å²) in [6.45, 7) is 0.888. The van der Waals surface area contributed by atoms with Crippen LogP contribution in [0.25, 0.3) is 0 Å². The SMILES string of the molecule is NC(=O)CCCNC1CC(c2cccc(Br)c2)C1. The molecule has 0 aromatic heterocycles. The summed E-state index contributed by atoms with van der Waals surface area (Å²) in [4.78, 5) is 10.6. The van der Waals surface area contributed by atoms with Gasteiger partial charge >= 0.3 is 0 Å². The number of carbonyl (C=O) groups is 1. The van der Waals surface area contributed by atoms with E-state index in [-0.39, 0.29) is 5.91 Å². The number of hydrogen-bond acceptors (Lipinski definition) is 2. The Hall–Kier alpha value is -0.870. The van der Waals surface area contributed by atoms with E-state index in [0.717, 1.165) is 17.4 Å². The Morgan fingerprint density at radius 3 is 2.89 bits per heavy atom. The summed E-state index contributed by atoms with van der Waals surface area (Å²) in [6, 6.07) is 9.14. The molecule has 0 aliphatic heterocycles. The first-order valence-electron chi connectivity index (χ1n) is 6.42. The zero-order valence-electron chi connectivity index (χ0n) is 10.4. The topological polar surface area (TPSA) is 55.1 Å². The number of amides is 1. The molecule has 0 heterocycles. The van der Waals surface area contributed by atoms with Crippen molar-refractivity contribution in [1.29, 1.82) is 0 Å². The van der Waals surface area contributed by atoms with Gasteiger partial charge in [-0.2, -0.15) is 0 Å². The van der Waals surface area contributed by atoms with Crippen LogP contribution in [0, 0.1) is 0 Å². The van der Waals surface area contributed by atoms with Crippen molar-refractivity contribution in [3.63, 3.8) is 0 Å². The van der Waals surface area contributed by atoms with E-state index in [0.29, 0.717) is 18.4 Å². The van der Waals surface area contributed by atoms with Crippen molar-refractivity contribution < 1.29 is 4.79 Å². The van der Waals surface area contributed by atoms with Crippen LogP contribution in [0.3, 0.4) is 0 Å². The molecule has 1 aromatic rings. The smallest absolute Gasteiger partial charge is 0.217 e. The molecule has 1 aliphatic carbocycles. The predicted octanol–water partition coefficient (Wildman–Crippen LogP) is 2.55. The molecule has 1 aliphatic rings. The van der Waals surface area contributed by atoms with Gasteiger partial charge in [0.05, 0.1) is 0 Å². The second-order valence-corrected chi connectivity index (χ2v) is 5.86. The van der Waals surface area contributed by atoms with Crippen LogP contribution in [0.2, 0.25) is 0 Å². The van der Waals surface area contributed by atoms with Crippen molar-refractivity contribution in [3.8, 4) is 0 Å². The Labute approximate surface area is 116 Å². The van der Waals surface area contributed by atoms with Gasteiger partial charge in [-0.15, -0.1) is 0 Å². The van der Waals surface area contributed by atoms with Gasteiger partial charge in [0.1, 0.15) is 0 Å². The normalized spacial score (nSPS) is 22.5. The molecule has 0 saturated heterocycles. The molecule has 18 heavy (non-hydrogen) atoms. The van der Waals surface area contributed by atoms with Crippen LogP contribution in [0.15, 0.2) is 28.7 Å². The summed E-state index contributed by atoms with van der Waals surface area (Å²) < 4.78 is 1.15. The number of nitrogens with one attached hydrogen (secondary N) is 1. The van der Waals surface area contributed by atoms with Gasteiger partial charge in [0.2, 0.25) is 5.91 Å². The maximum absolute atomic E-state index is 10.6. The Balaban J connectivity index is 1.66. The molecule has 0 spiro atoms. The maximum atomic E-state index is 10.6. The minimum atomic E-state index is -0.211. The van der Waals surface area contributed by atoms with Gasteiger partial charge in [-0.3, -0.25) is 4.79 Å². The Kier molecular flexibility index (Phi) is 4.78. The highest BCUT2D eigenvalue weighted by molar-refractivity contribution is 9.10. The van der Waals surface area contributed by atoms with E-state index in [9.17, 15) is 4.79 Å². The van der Waals surface area contributed by atoms with Crippen molar-refractivity contribution in [2.45, 2.75) is 37.6 Å². The molecule has 3 N–H and O–H groups in total. The van der Waals surface area contributed by atoms with Crippen molar-refractivity contribution >= 4 is 21.8 Å². The molecule has 1 saturated carbocycles. The molecule has 2 rings (SSSR count). The Morgan fingerprint density at radius 1 is 1.44 bits per heavy atom. The van der Waals surface area contributed by atoms with Gasteiger partial charge in [0, 0.05) is 16.9 Å². The van der Waals surface area contributed by atoms with Gasteiger partial charge in [0.15, 0.2) is 0 Å². The van der Waals surface area contributed by atoms with Crippen LogP contribution in [-0.2, 0) is 4.79 Å². The van der Waals surface area contributed by atoms with Crippen LogP contribution in [-0.4, -0.2) is 18.5 Å². The zero-order chi connectivity index (χ0) is 13.0. The number of nitrogens with two attached hydrogens (primary N) is 1. The first-order valence-corrected chi connectivity index (χ1v) is 7.21. The quantitative estimate of drug-likeness (QED) is 0.793. The maximum Gasteiger partial charge on any atom is 0.217 e. The number of benzene rings is 1. The minimum Gasteiger partial charge on any atom is -0.370 e. The Bertz CT molecular complexity index is 416. The average Bonchev–Trinajstić information content (AvgIpc) is 2.25. The average molecular weight is 311 g/mol. The highest BCUT2D eigenvalue weighted by Gasteiger charge is 2.29. The number of hydrogen-bond donors (Lipinski definition) is 2. The number of carbonyl (C=O) groups excluding carboxylic acids is 1. The van der Waals surface area contributed by atoms with Gasteiger partial charge in [-0.1, -0.05) is 28.1 Å². The monoisotopic (exact) mass is 310 g/mol. The third-order valence-corrected chi connectivity index (χ3v) is 3.98. The van der Waals surface area contributed by atoms with Crippen LogP contribution in [0.4, 0.5) is 0 Å². The fourth-order valence-corrected chi connectivity index (χ4v) is 2.80. The highest BCUT2D eigenvalue weighted by Crippen LogP contribution is 2.37. The number of primary amides is 1. The first kappa shape index (κ1) is 13.6. The van der Waals surface area contributed by atoms with E-state index in [1.165, 1.54) is 18.4 Å². The fraction of sp³-hybridized carbons (Fsp3) is 0.500. The van der Waals surface area contributed by atoms with E-state index in [2.05, 4.69) is 45.5 Å². The predicted molar refractivity (Wildman–Crippen MR) is 76.3 cm³/mol. The molecule has 98 valence electrons. The lowest BCUT2D eigenvalue weighted by Gasteiger charge is -2.36. The number of rotatable bonds is 6. The summed E-state index contributed by atoms with van der Waals surface area (Å²) in [5.74, 6) is 0.466. The molecule has 0 radical (unpaired) electrons. The molecule has 3 nitrogen and oxygen atoms in total. The molecule has 0 bridgehead atoms. The molecule has 4 heteroatoms. The molecule has 0 unspecified atom stereocenters. The summed E-state index contributed by atoms with van der Waals surface area (Å²) in [6.07, 6.45) is 3.70. The molecular formula is C14H19BrN2O. The first-order chi connectivity index (χ1) is 8.65. The van der Waals surface area contributed by atoms with E-state index in [1.807, 2.05) is 0 Å². The van der Waals surface area contributed by atoms with E-state index in [4.69, 9.17) is 5.73 Å². The van der Waals surface area contributed by atoms with Crippen molar-refractivity contribution in [2.75, 3.05) is 6.54 Å². The summed E-state index contributed by atoms with van der Waals surface area (Å²) in [5, 5.41) is 3.47. The number of halogens is 1. The lowest BCUT2D eigenvalue weighted by Crippen LogP contribution is -2.40. The van der Waals surface area contributed by atoms with Crippen LogP contribution >= 0.6 is 15.9 Å². The molecule has 0 atom stereocenters. The molecular weight excluding hydrogens is 292 g/mol. The zero-order valence-corrected chi connectivity index (χ0v) is 11.9. The minimum absolute atomic E-state index is 0.211. The molecule has 1 fully saturated rings. The third kappa shape index (κ3) is 3.82. The second kappa shape index (κ2) is 6.34. The van der Waals surface area contributed by atoms with Crippen molar-refractivity contribution in [3.05, 3.63) is 34.3 Å². The van der Waals surface area contributed by atoms with Crippen LogP contribution in [0.5, 0.6) is 0 Å². The summed E-state index contributed by atoms with van der Waals surface area (Å²) in [5.41, 5.74) is 6.51. The van der Waals surface area contributed by atoms with Crippen molar-refractivity contribution in [1.82, 2.24) is 5.32 Å². The fourth-order valence-electron chi connectivity index (χ4n) is 2.39. The second-order valence-electron chi connectivity index (χ2n) is 4.94. The lowest BCUT2D eigenvalue weighted by atomic mass is 9.76. The van der Waals surface area contributed by atoms with E-state index >= 15 is 0 Å². The third-order valence-electron chi connectivity index (χ3n) is 3.49. The largest absolute Gasteiger partial charge is 0.370 e. The van der Waals surface area contributed by atoms with Crippen molar-refractivity contribution in [2.24, 2.45) is 5.73 Å². The summed E-state index contributed by atoms with van der Waals surface area (Å²) >= 11 is 3.50. The lowest BCUT2D eigenvalue weighted by molar-refractivity contribution is -0.118. The molecule has 1 aromatic carbocycles. The van der Waals surface area contributed by atoms with E-state index in [1.54, 1.807) is 0 Å². The van der Waals surface area contributed by atoms with Crippen LogP contribution in [0.1, 0.15) is 37.2 Å². The summed E-state index contributed by atoms with van der Waals surface area (Å²) in [7, 11) is 0. The van der Waals surface area contributed by atoms with Gasteiger partial charge in [-0.25, -0.2) is 0 Å². The highest BCUT2D eigenvalue weighted by atomic mass is 79.9. The van der Waals surface area contributed by atoms with E-state index < -0.39 is 0 Å². The van der Waals surface area contributed by atoms with Gasteiger partial charge < -0.3 is 11.1 Å². The molecule has 1 amide bonds.